The van der Waals surface area contributed by atoms with Gasteiger partial charge in [0.05, 0.1) is 0 Å². The summed E-state index contributed by atoms with van der Waals surface area (Å²) in [5, 5.41) is 0. The maximum Gasteiger partial charge on any atom is 0.394 e. The van der Waals surface area contributed by atoms with Crippen molar-refractivity contribution in [2.75, 3.05) is 0 Å². The van der Waals surface area contributed by atoms with Crippen molar-refractivity contribution in [1.82, 2.24) is 12.3 Å². The van der Waals surface area contributed by atoms with Gasteiger partial charge in [0.1, 0.15) is 0 Å². The Morgan fingerprint density at radius 3 is 0.947 bits per heavy atom. The van der Waals surface area contributed by atoms with E-state index in [0.717, 1.165) is 0 Å². The van der Waals surface area contributed by atoms with E-state index in [4.69, 9.17) is 17.5 Å². The molecule has 7 heteroatoms. The lowest BCUT2D eigenvalue weighted by atomic mass is 10.1. The molecule has 0 aliphatic carbocycles. The van der Waals surface area contributed by atoms with Crippen molar-refractivity contribution in [3.63, 3.8) is 0 Å². The third-order valence-electron chi connectivity index (χ3n) is 2.46. The highest BCUT2D eigenvalue weighted by molar-refractivity contribution is 7.79. The van der Waals surface area contributed by atoms with E-state index < -0.39 is 10.4 Å². The Hall–Kier alpha value is -0.210. The van der Waals surface area contributed by atoms with Crippen molar-refractivity contribution in [3.05, 3.63) is 0 Å². The lowest BCUT2D eigenvalue weighted by Gasteiger charge is -1.99. The zero-order chi connectivity index (χ0) is 13.6. The molecular formula is C12H34N2O4S. The van der Waals surface area contributed by atoms with Crippen molar-refractivity contribution in [1.29, 1.82) is 0 Å². The predicted octanol–water partition coefficient (Wildman–Crippen LogP) is 4.60. The first kappa shape index (κ1) is 27.2. The molecule has 19 heavy (non-hydrogen) atoms. The summed E-state index contributed by atoms with van der Waals surface area (Å²) in [6, 6.07) is 0. The van der Waals surface area contributed by atoms with E-state index in [0.29, 0.717) is 0 Å². The first-order valence-electron chi connectivity index (χ1n) is 6.61. The second-order valence-electron chi connectivity index (χ2n) is 4.28. The minimum atomic E-state index is -4.67. The average molecular weight is 302 g/mol. The van der Waals surface area contributed by atoms with Crippen LogP contribution >= 0.6 is 0 Å². The summed E-state index contributed by atoms with van der Waals surface area (Å²) in [5.74, 6) is 0. The molecule has 8 N–H and O–H groups in total. The Morgan fingerprint density at radius 1 is 0.632 bits per heavy atom. The zero-order valence-corrected chi connectivity index (χ0v) is 13.4. The Kier molecular flexibility index (Phi) is 28.8. The Labute approximate surface area is 119 Å². The average Bonchev–Trinajstić information content (AvgIpc) is 2.20. The molecule has 6 nitrogen and oxygen atoms in total. The van der Waals surface area contributed by atoms with Crippen LogP contribution in [0.4, 0.5) is 0 Å². The van der Waals surface area contributed by atoms with Gasteiger partial charge in [0.2, 0.25) is 0 Å². The third kappa shape index (κ3) is 57.4. The molecule has 122 valence electrons. The topological polar surface area (TPSA) is 145 Å². The summed E-state index contributed by atoms with van der Waals surface area (Å²) < 4.78 is 31.6. The predicted molar refractivity (Wildman–Crippen MR) is 81.7 cm³/mol. The van der Waals surface area contributed by atoms with Gasteiger partial charge < -0.3 is 12.3 Å². The Bertz CT molecular complexity index is 216. The summed E-state index contributed by atoms with van der Waals surface area (Å²) in [6.07, 6.45) is 14.4. The number of hydrogen-bond donors (Lipinski definition) is 4. The van der Waals surface area contributed by atoms with Crippen molar-refractivity contribution < 1.29 is 17.5 Å². The molecule has 0 aromatic rings. The Morgan fingerprint density at radius 2 is 0.789 bits per heavy atom. The van der Waals surface area contributed by atoms with Crippen LogP contribution in [-0.2, 0) is 10.4 Å². The highest BCUT2D eigenvalue weighted by atomic mass is 32.3. The lowest BCUT2D eigenvalue weighted by Crippen LogP contribution is -1.89. The smallest absolute Gasteiger partial charge is 0.344 e. The first-order chi connectivity index (χ1) is 7.91. The van der Waals surface area contributed by atoms with Gasteiger partial charge in [-0.15, -0.1) is 0 Å². The van der Waals surface area contributed by atoms with Gasteiger partial charge in [-0.25, -0.2) is 0 Å². The molecule has 0 heterocycles. The maximum absolute atomic E-state index is 8.74. The fourth-order valence-electron chi connectivity index (χ4n) is 1.56. The molecule has 0 aliphatic rings. The van der Waals surface area contributed by atoms with Crippen molar-refractivity contribution in [2.45, 2.75) is 78.1 Å². The third-order valence-corrected chi connectivity index (χ3v) is 2.46. The van der Waals surface area contributed by atoms with Gasteiger partial charge in [0, 0.05) is 0 Å². The van der Waals surface area contributed by atoms with Gasteiger partial charge >= 0.3 is 10.4 Å². The largest absolute Gasteiger partial charge is 0.394 e. The van der Waals surface area contributed by atoms with Gasteiger partial charge in [-0.1, -0.05) is 78.1 Å². The molecule has 0 unspecified atom stereocenters. The van der Waals surface area contributed by atoms with Crippen LogP contribution < -0.4 is 12.3 Å². The van der Waals surface area contributed by atoms with E-state index in [1.165, 1.54) is 64.2 Å². The van der Waals surface area contributed by atoms with Crippen LogP contribution in [0.1, 0.15) is 78.1 Å². The Balaban J connectivity index is -0.000000139. The molecule has 0 amide bonds. The summed E-state index contributed by atoms with van der Waals surface area (Å²) in [7, 11) is -4.67. The van der Waals surface area contributed by atoms with Gasteiger partial charge in [-0.2, -0.15) is 8.42 Å². The zero-order valence-electron chi connectivity index (χ0n) is 12.6. The molecule has 0 rings (SSSR count). The van der Waals surface area contributed by atoms with Crippen LogP contribution in [0.3, 0.4) is 0 Å². The molecule has 0 fully saturated rings. The van der Waals surface area contributed by atoms with E-state index in [-0.39, 0.29) is 12.3 Å². The van der Waals surface area contributed by atoms with Crippen molar-refractivity contribution in [2.24, 2.45) is 0 Å². The highest BCUT2D eigenvalue weighted by Crippen LogP contribution is 2.09. The van der Waals surface area contributed by atoms with Gasteiger partial charge in [-0.3, -0.25) is 9.11 Å². The molecule has 0 aromatic heterocycles. The number of hydrogen-bond acceptors (Lipinski definition) is 4. The molecule has 0 saturated heterocycles. The van der Waals surface area contributed by atoms with E-state index >= 15 is 0 Å². The molecule has 0 bridgehead atoms. The van der Waals surface area contributed by atoms with E-state index in [2.05, 4.69) is 13.8 Å². The summed E-state index contributed by atoms with van der Waals surface area (Å²) >= 11 is 0. The second kappa shape index (κ2) is 20.1. The normalized spacial score (nSPS) is 9.68. The summed E-state index contributed by atoms with van der Waals surface area (Å²) in [6.45, 7) is 4.56. The SMILES string of the molecule is CCCCCCCCCCCC.N.N.O=S(=O)(O)O. The van der Waals surface area contributed by atoms with Crippen LogP contribution in [0.5, 0.6) is 0 Å². The van der Waals surface area contributed by atoms with E-state index in [1.54, 1.807) is 0 Å². The minimum Gasteiger partial charge on any atom is -0.344 e. The molecule has 0 aliphatic heterocycles. The van der Waals surface area contributed by atoms with Crippen molar-refractivity contribution in [3.8, 4) is 0 Å². The molecule has 0 aromatic carbocycles. The van der Waals surface area contributed by atoms with Gasteiger partial charge in [0.25, 0.3) is 0 Å². The summed E-state index contributed by atoms with van der Waals surface area (Å²) in [4.78, 5) is 0. The van der Waals surface area contributed by atoms with Gasteiger partial charge in [-0.05, 0) is 0 Å². The van der Waals surface area contributed by atoms with Crippen LogP contribution in [0, 0.1) is 0 Å². The highest BCUT2D eigenvalue weighted by Gasteiger charge is 1.90. The maximum atomic E-state index is 8.74. The molecule has 0 saturated carbocycles. The fraction of sp³-hybridized carbons (Fsp3) is 1.00. The quantitative estimate of drug-likeness (QED) is 0.362. The van der Waals surface area contributed by atoms with Crippen LogP contribution in [0.15, 0.2) is 0 Å². The van der Waals surface area contributed by atoms with E-state index in [1.807, 2.05) is 0 Å². The second-order valence-corrected chi connectivity index (χ2v) is 5.17. The minimum absolute atomic E-state index is 0. The number of unbranched alkanes of at least 4 members (excludes halogenated alkanes) is 9. The fourth-order valence-corrected chi connectivity index (χ4v) is 1.56. The number of rotatable bonds is 9. The first-order valence-corrected chi connectivity index (χ1v) is 8.01. The molecule has 0 spiro atoms. The van der Waals surface area contributed by atoms with Crippen molar-refractivity contribution >= 4 is 10.4 Å². The molecular weight excluding hydrogens is 268 g/mol. The van der Waals surface area contributed by atoms with Crippen LogP contribution in [0.25, 0.3) is 0 Å². The van der Waals surface area contributed by atoms with Crippen LogP contribution in [0.2, 0.25) is 0 Å². The van der Waals surface area contributed by atoms with Crippen LogP contribution in [-0.4, -0.2) is 17.5 Å². The molecule has 0 radical (unpaired) electrons. The monoisotopic (exact) mass is 302 g/mol. The lowest BCUT2D eigenvalue weighted by molar-refractivity contribution is 0.381. The molecule has 0 atom stereocenters. The summed E-state index contributed by atoms with van der Waals surface area (Å²) in [5.41, 5.74) is 0. The standard InChI is InChI=1S/C12H26.2H3N.H2O4S/c1-3-5-7-9-11-12-10-8-6-4-2;;;1-5(2,3)4/h3-12H2,1-2H3;2*1H3;(H2,1,2,3,4). The van der Waals surface area contributed by atoms with E-state index in [9.17, 15) is 0 Å². The van der Waals surface area contributed by atoms with Gasteiger partial charge in [0.15, 0.2) is 0 Å².